The van der Waals surface area contributed by atoms with Crippen LogP contribution in [0.4, 0.5) is 0 Å². The zero-order valence-electron chi connectivity index (χ0n) is 27.2. The van der Waals surface area contributed by atoms with Crippen molar-refractivity contribution in [2.75, 3.05) is 6.61 Å². The molecule has 46 heavy (non-hydrogen) atoms. The molecule has 11 heteroatoms. The van der Waals surface area contributed by atoms with Gasteiger partial charge in [-0.25, -0.2) is 0 Å². The van der Waals surface area contributed by atoms with Crippen molar-refractivity contribution in [1.82, 2.24) is 5.32 Å². The summed E-state index contributed by atoms with van der Waals surface area (Å²) >= 11 is 0. The topological polar surface area (TPSA) is 202 Å². The van der Waals surface area contributed by atoms with Gasteiger partial charge in [0.1, 0.15) is 5.75 Å². The van der Waals surface area contributed by atoms with Crippen LogP contribution >= 0.6 is 0 Å². The molecule has 0 fully saturated rings. The number of phenolic OH excluding ortho intramolecular Hbond substituents is 1. The number of Topliss-reactive ketones (excluding diaryl/α,β-unsaturated/α-hetero) is 2. The van der Waals surface area contributed by atoms with E-state index >= 15 is 0 Å². The molecule has 11 nitrogen and oxygen atoms in total. The molecule has 2 aliphatic heterocycles. The lowest BCUT2D eigenvalue weighted by molar-refractivity contribution is -0.116. The molecule has 9 unspecified atom stereocenters. The van der Waals surface area contributed by atoms with Crippen LogP contribution in [0.2, 0.25) is 0 Å². The van der Waals surface area contributed by atoms with E-state index in [1.54, 1.807) is 32.9 Å². The van der Waals surface area contributed by atoms with Gasteiger partial charge in [-0.15, -0.1) is 0 Å². The molecule has 0 saturated carbocycles. The molecule has 1 aromatic rings. The van der Waals surface area contributed by atoms with E-state index in [1.807, 2.05) is 0 Å². The summed E-state index contributed by atoms with van der Waals surface area (Å²) in [5.74, 6) is -7.57. The van der Waals surface area contributed by atoms with E-state index in [0.29, 0.717) is 0 Å². The fourth-order valence-corrected chi connectivity index (χ4v) is 6.04. The largest absolute Gasteiger partial charge is 0.507 e. The SMILES string of the molecule is C/C1=C/C=C\C(C)C(O)C(C)C(O)C(C)C(O)C(C)C(O)C(CO)/C=C(/C)C(=O)c2c(O)c(C)cc3c2C(=O)C=C(NC1=O)C3=O. The first kappa shape index (κ1) is 36.7. The summed E-state index contributed by atoms with van der Waals surface area (Å²) in [5.41, 5.74) is -1.02. The Balaban J connectivity index is 2.19. The Bertz CT molecular complexity index is 1520. The van der Waals surface area contributed by atoms with E-state index in [-0.39, 0.29) is 33.5 Å². The molecule has 0 spiro atoms. The third-order valence-electron chi connectivity index (χ3n) is 9.34. The van der Waals surface area contributed by atoms with Crippen LogP contribution in [0, 0.1) is 36.5 Å². The number of allylic oxidation sites excluding steroid dienone is 5. The number of benzene rings is 1. The zero-order valence-corrected chi connectivity index (χ0v) is 27.2. The van der Waals surface area contributed by atoms with Crippen LogP contribution in [0.3, 0.4) is 0 Å². The Morgan fingerprint density at radius 1 is 0.761 bits per heavy atom. The van der Waals surface area contributed by atoms with Gasteiger partial charge in [-0.05, 0) is 38.0 Å². The maximum Gasteiger partial charge on any atom is 0.251 e. The second-order valence-corrected chi connectivity index (χ2v) is 12.7. The standard InChI is InChI=1S/C35H45NO10/c1-15-9-8-10-16(2)35(46)36-24-13-25(38)26-23(34(24)45)12-18(4)30(41)27(26)29(40)17(3)11-22(14-37)33(44)21(7)32(43)20(6)31(42)19(5)28(15)39/h8-13,15,19-22,28,31-33,37,39,41-44H,14H2,1-7H3,(H,36,46)/b9-8-,16-10-,17-11-. The van der Waals surface area contributed by atoms with E-state index in [0.717, 1.165) is 6.08 Å². The Kier molecular flexibility index (Phi) is 11.8. The number of aliphatic hydroxyl groups is 5. The van der Waals surface area contributed by atoms with Crippen LogP contribution in [0.25, 0.3) is 0 Å². The van der Waals surface area contributed by atoms with E-state index < -0.39 is 95.2 Å². The van der Waals surface area contributed by atoms with Crippen LogP contribution in [0.1, 0.15) is 78.2 Å². The number of nitrogens with one attached hydrogen (secondary N) is 1. The Morgan fingerprint density at radius 3 is 1.91 bits per heavy atom. The highest BCUT2D eigenvalue weighted by Gasteiger charge is 2.39. The van der Waals surface area contributed by atoms with Gasteiger partial charge >= 0.3 is 0 Å². The fourth-order valence-electron chi connectivity index (χ4n) is 6.04. The monoisotopic (exact) mass is 639 g/mol. The summed E-state index contributed by atoms with van der Waals surface area (Å²) in [6.07, 6.45) is 1.87. The molecule has 2 heterocycles. The first-order valence-electron chi connectivity index (χ1n) is 15.3. The van der Waals surface area contributed by atoms with E-state index in [9.17, 15) is 49.8 Å². The number of fused-ring (bicyclic) bond motifs is 15. The maximum absolute atomic E-state index is 13.7. The summed E-state index contributed by atoms with van der Waals surface area (Å²) in [6, 6.07) is 1.26. The van der Waals surface area contributed by atoms with Gasteiger partial charge in [0, 0.05) is 52.4 Å². The number of carbonyl (C=O) groups excluding carboxylic acids is 4. The maximum atomic E-state index is 13.7. The van der Waals surface area contributed by atoms with Crippen molar-refractivity contribution < 1.29 is 49.8 Å². The van der Waals surface area contributed by atoms with Gasteiger partial charge in [0.15, 0.2) is 11.6 Å². The Hall–Kier alpha value is -3.74. The number of aromatic hydroxyl groups is 1. The molecular formula is C35H45NO10. The normalized spacial score (nSPS) is 35.0. The first-order chi connectivity index (χ1) is 21.4. The number of amides is 1. The molecule has 250 valence electrons. The fraction of sp³-hybridized carbons (Fsp3) is 0.486. The summed E-state index contributed by atoms with van der Waals surface area (Å²) in [7, 11) is 0. The number of hydrogen-bond acceptors (Lipinski definition) is 10. The lowest BCUT2D eigenvalue weighted by Gasteiger charge is -2.37. The van der Waals surface area contributed by atoms with E-state index in [1.165, 1.54) is 45.9 Å². The van der Waals surface area contributed by atoms with Crippen molar-refractivity contribution in [3.8, 4) is 5.75 Å². The van der Waals surface area contributed by atoms with Crippen molar-refractivity contribution in [2.45, 2.75) is 72.9 Å². The predicted molar refractivity (Wildman–Crippen MR) is 170 cm³/mol. The second-order valence-electron chi connectivity index (χ2n) is 12.7. The van der Waals surface area contributed by atoms with Gasteiger partial charge in [-0.1, -0.05) is 52.0 Å². The van der Waals surface area contributed by atoms with Gasteiger partial charge in [0.05, 0.1) is 42.3 Å². The zero-order chi connectivity index (χ0) is 34.8. The highest BCUT2D eigenvalue weighted by molar-refractivity contribution is 6.30. The highest BCUT2D eigenvalue weighted by atomic mass is 16.3. The summed E-state index contributed by atoms with van der Waals surface area (Å²) in [4.78, 5) is 53.5. The number of phenols is 1. The smallest absolute Gasteiger partial charge is 0.251 e. The van der Waals surface area contributed by atoms with Crippen molar-refractivity contribution in [1.29, 1.82) is 0 Å². The number of hydrogen-bond donors (Lipinski definition) is 7. The van der Waals surface area contributed by atoms with Gasteiger partial charge in [-0.2, -0.15) is 0 Å². The molecule has 1 aromatic carbocycles. The molecule has 7 N–H and O–H groups in total. The van der Waals surface area contributed by atoms with E-state index in [2.05, 4.69) is 5.32 Å². The second kappa shape index (κ2) is 14.8. The molecule has 0 aromatic heterocycles. The predicted octanol–water partition coefficient (Wildman–Crippen LogP) is 2.32. The molecule has 4 rings (SSSR count). The number of aryl methyl sites for hydroxylation is 1. The molecule has 0 radical (unpaired) electrons. The lowest BCUT2D eigenvalue weighted by Crippen LogP contribution is -2.46. The molecule has 1 amide bonds. The van der Waals surface area contributed by atoms with Crippen molar-refractivity contribution in [2.24, 2.45) is 29.6 Å². The Labute approximate surface area is 268 Å². The van der Waals surface area contributed by atoms with Gasteiger partial charge in [0.2, 0.25) is 5.78 Å². The minimum Gasteiger partial charge on any atom is -0.507 e. The van der Waals surface area contributed by atoms with Crippen molar-refractivity contribution >= 4 is 23.3 Å². The van der Waals surface area contributed by atoms with E-state index in [4.69, 9.17) is 0 Å². The molecule has 0 saturated heterocycles. The number of rotatable bonds is 1. The van der Waals surface area contributed by atoms with Gasteiger partial charge in [-0.3, -0.25) is 19.2 Å². The summed E-state index contributed by atoms with van der Waals surface area (Å²) < 4.78 is 0. The van der Waals surface area contributed by atoms with Crippen molar-refractivity contribution in [3.63, 3.8) is 0 Å². The highest BCUT2D eigenvalue weighted by Crippen LogP contribution is 2.35. The lowest BCUT2D eigenvalue weighted by atomic mass is 9.76. The summed E-state index contributed by atoms with van der Waals surface area (Å²) in [6.45, 7) is 10.1. The van der Waals surface area contributed by atoms with Gasteiger partial charge in [0.25, 0.3) is 5.91 Å². The number of carbonyl (C=O) groups is 4. The van der Waals surface area contributed by atoms with Gasteiger partial charge < -0.3 is 36.0 Å². The van der Waals surface area contributed by atoms with Crippen molar-refractivity contribution in [3.05, 3.63) is 75.5 Å². The molecule has 9 atom stereocenters. The van der Waals surface area contributed by atoms with Crippen LogP contribution < -0.4 is 5.32 Å². The summed E-state index contributed by atoms with van der Waals surface area (Å²) in [5, 5.41) is 67.8. The third-order valence-corrected chi connectivity index (χ3v) is 9.34. The van der Waals surface area contributed by atoms with Crippen LogP contribution in [-0.2, 0) is 4.79 Å². The quantitative estimate of drug-likeness (QED) is 0.239. The minimum atomic E-state index is -1.39. The molecule has 3 aliphatic rings. The number of aliphatic hydroxyl groups excluding tert-OH is 5. The average Bonchev–Trinajstić information content (AvgIpc) is 3.03. The minimum absolute atomic E-state index is 0.0586. The molecular weight excluding hydrogens is 594 g/mol. The average molecular weight is 640 g/mol. The number of ketones is 3. The Morgan fingerprint density at radius 2 is 1.33 bits per heavy atom. The first-order valence-corrected chi connectivity index (χ1v) is 15.3. The molecule has 1 aliphatic carbocycles. The van der Waals surface area contributed by atoms with Crippen LogP contribution in [0.15, 0.2) is 53.3 Å². The van der Waals surface area contributed by atoms with Crippen LogP contribution in [0.5, 0.6) is 5.75 Å². The third kappa shape index (κ3) is 7.29. The van der Waals surface area contributed by atoms with Crippen LogP contribution in [-0.4, -0.2) is 84.9 Å². The molecule has 4 bridgehead atoms.